The van der Waals surface area contributed by atoms with Crippen LogP contribution in [0, 0.1) is 11.8 Å². The van der Waals surface area contributed by atoms with E-state index in [0.29, 0.717) is 11.8 Å². The molecule has 1 aromatic heterocycles. The van der Waals surface area contributed by atoms with Crippen LogP contribution in [0.1, 0.15) is 37.9 Å². The van der Waals surface area contributed by atoms with E-state index in [1.165, 1.54) is 19.3 Å². The first-order chi connectivity index (χ1) is 7.72. The Morgan fingerprint density at radius 1 is 1.50 bits per heavy atom. The summed E-state index contributed by atoms with van der Waals surface area (Å²) >= 11 is 3.59. The van der Waals surface area contributed by atoms with Crippen molar-refractivity contribution in [2.45, 2.75) is 32.1 Å². The molecular formula is C13H20BrNO. The van der Waals surface area contributed by atoms with Gasteiger partial charge in [-0.2, -0.15) is 0 Å². The Morgan fingerprint density at radius 2 is 2.31 bits per heavy atom. The summed E-state index contributed by atoms with van der Waals surface area (Å²) in [5.41, 5.74) is 0. The molecule has 2 nitrogen and oxygen atoms in total. The van der Waals surface area contributed by atoms with Gasteiger partial charge in [0, 0.05) is 5.92 Å². The molecule has 2 rings (SSSR count). The highest BCUT2D eigenvalue weighted by atomic mass is 79.9. The van der Waals surface area contributed by atoms with Crippen molar-refractivity contribution < 1.29 is 4.42 Å². The van der Waals surface area contributed by atoms with Gasteiger partial charge in [0.05, 0.1) is 10.7 Å². The number of nitrogens with one attached hydrogen (secondary N) is 1. The number of hydrogen-bond acceptors (Lipinski definition) is 2. The van der Waals surface area contributed by atoms with E-state index in [4.69, 9.17) is 4.42 Å². The Bertz CT molecular complexity index is 336. The van der Waals surface area contributed by atoms with Gasteiger partial charge in [0.25, 0.3) is 0 Å². The van der Waals surface area contributed by atoms with E-state index in [0.717, 1.165) is 22.7 Å². The van der Waals surface area contributed by atoms with Gasteiger partial charge in [-0.15, -0.1) is 0 Å². The maximum absolute atomic E-state index is 5.65. The summed E-state index contributed by atoms with van der Waals surface area (Å²) in [5, 5.41) is 3.31. The fourth-order valence-corrected chi connectivity index (χ4v) is 3.34. The molecule has 0 aromatic carbocycles. The fraction of sp³-hybridized carbons (Fsp3) is 0.692. The molecule has 1 fully saturated rings. The molecular weight excluding hydrogens is 266 g/mol. The Labute approximate surface area is 106 Å². The van der Waals surface area contributed by atoms with Crippen LogP contribution in [-0.4, -0.2) is 13.6 Å². The second-order valence-corrected chi connectivity index (χ2v) is 5.83. The van der Waals surface area contributed by atoms with Gasteiger partial charge in [-0.05, 0) is 60.3 Å². The molecule has 90 valence electrons. The molecule has 0 bridgehead atoms. The Hall–Kier alpha value is -0.280. The van der Waals surface area contributed by atoms with Gasteiger partial charge in [-0.3, -0.25) is 0 Å². The quantitative estimate of drug-likeness (QED) is 0.914. The highest BCUT2D eigenvalue weighted by molar-refractivity contribution is 9.10. The van der Waals surface area contributed by atoms with E-state index in [1.54, 1.807) is 6.26 Å². The molecule has 1 N–H and O–H groups in total. The molecule has 1 saturated carbocycles. The van der Waals surface area contributed by atoms with Gasteiger partial charge in [-0.25, -0.2) is 0 Å². The first-order valence-electron chi connectivity index (χ1n) is 6.09. The lowest BCUT2D eigenvalue weighted by Gasteiger charge is -2.33. The van der Waals surface area contributed by atoms with Crippen LogP contribution in [-0.2, 0) is 0 Å². The first kappa shape index (κ1) is 12.2. The van der Waals surface area contributed by atoms with Gasteiger partial charge < -0.3 is 9.73 Å². The minimum atomic E-state index is 0.570. The number of furan rings is 1. The number of hydrogen-bond donors (Lipinski definition) is 1. The highest BCUT2D eigenvalue weighted by Crippen LogP contribution is 2.42. The average molecular weight is 286 g/mol. The molecule has 0 saturated heterocycles. The highest BCUT2D eigenvalue weighted by Gasteiger charge is 2.32. The Balaban J connectivity index is 2.17. The minimum Gasteiger partial charge on any atom is -0.468 e. The van der Waals surface area contributed by atoms with Crippen molar-refractivity contribution in [2.24, 2.45) is 11.8 Å². The smallest absolute Gasteiger partial charge is 0.121 e. The molecule has 0 radical (unpaired) electrons. The van der Waals surface area contributed by atoms with Crippen molar-refractivity contribution in [1.29, 1.82) is 0 Å². The summed E-state index contributed by atoms with van der Waals surface area (Å²) in [5.74, 6) is 3.24. The van der Waals surface area contributed by atoms with Crippen molar-refractivity contribution in [3.05, 3.63) is 22.6 Å². The van der Waals surface area contributed by atoms with Gasteiger partial charge in [0.15, 0.2) is 0 Å². The zero-order valence-electron chi connectivity index (χ0n) is 10.0. The lowest BCUT2D eigenvalue weighted by molar-refractivity contribution is 0.220. The van der Waals surface area contributed by atoms with E-state index in [9.17, 15) is 0 Å². The zero-order valence-corrected chi connectivity index (χ0v) is 11.6. The average Bonchev–Trinajstić information content (AvgIpc) is 2.67. The molecule has 1 aliphatic carbocycles. The van der Waals surface area contributed by atoms with Crippen molar-refractivity contribution in [2.75, 3.05) is 13.6 Å². The maximum atomic E-state index is 5.65. The second kappa shape index (κ2) is 5.37. The van der Waals surface area contributed by atoms with Crippen molar-refractivity contribution in [3.63, 3.8) is 0 Å². The van der Waals surface area contributed by atoms with E-state index >= 15 is 0 Å². The van der Waals surface area contributed by atoms with E-state index < -0.39 is 0 Å². The summed E-state index contributed by atoms with van der Waals surface area (Å²) < 4.78 is 6.79. The monoisotopic (exact) mass is 285 g/mol. The topological polar surface area (TPSA) is 25.2 Å². The molecule has 0 spiro atoms. The largest absolute Gasteiger partial charge is 0.468 e. The first-order valence-corrected chi connectivity index (χ1v) is 6.89. The predicted molar refractivity (Wildman–Crippen MR) is 69.6 cm³/mol. The molecule has 0 aliphatic heterocycles. The maximum Gasteiger partial charge on any atom is 0.121 e. The minimum absolute atomic E-state index is 0.570. The molecule has 3 heteroatoms. The normalized spacial score (nSPS) is 30.6. The third-order valence-electron chi connectivity index (χ3n) is 3.70. The summed E-state index contributed by atoms with van der Waals surface area (Å²) in [4.78, 5) is 0. The summed E-state index contributed by atoms with van der Waals surface area (Å²) in [6.07, 6.45) is 5.69. The predicted octanol–water partition coefficient (Wildman–Crippen LogP) is 3.78. The van der Waals surface area contributed by atoms with Crippen molar-refractivity contribution in [1.82, 2.24) is 5.32 Å². The zero-order chi connectivity index (χ0) is 11.5. The van der Waals surface area contributed by atoms with Crippen LogP contribution < -0.4 is 5.32 Å². The summed E-state index contributed by atoms with van der Waals surface area (Å²) in [7, 11) is 2.03. The standard InChI is InChI=1S/C13H20BrNO/c1-9-3-4-10(8-15-2)11(7-9)13-12(14)5-6-16-13/h5-6,9-11,15H,3-4,7-8H2,1-2H3. The lowest BCUT2D eigenvalue weighted by Crippen LogP contribution is -2.29. The molecule has 3 unspecified atom stereocenters. The van der Waals surface area contributed by atoms with Crippen LogP contribution in [0.4, 0.5) is 0 Å². The van der Waals surface area contributed by atoms with Crippen LogP contribution in [0.5, 0.6) is 0 Å². The summed E-state index contributed by atoms with van der Waals surface area (Å²) in [6.45, 7) is 3.43. The van der Waals surface area contributed by atoms with E-state index in [1.807, 2.05) is 13.1 Å². The fourth-order valence-electron chi connectivity index (χ4n) is 2.84. The van der Waals surface area contributed by atoms with Crippen LogP contribution in [0.15, 0.2) is 21.2 Å². The van der Waals surface area contributed by atoms with Crippen LogP contribution in [0.3, 0.4) is 0 Å². The SMILES string of the molecule is CNCC1CCC(C)CC1c1occc1Br. The van der Waals surface area contributed by atoms with E-state index in [2.05, 4.69) is 28.2 Å². The third-order valence-corrected chi connectivity index (χ3v) is 4.36. The molecule has 0 amide bonds. The van der Waals surface area contributed by atoms with Crippen molar-refractivity contribution in [3.8, 4) is 0 Å². The second-order valence-electron chi connectivity index (χ2n) is 4.98. The molecule has 16 heavy (non-hydrogen) atoms. The Kier molecular flexibility index (Phi) is 4.09. The molecule has 3 atom stereocenters. The number of rotatable bonds is 3. The molecule has 1 aliphatic rings. The number of halogens is 1. The molecule has 1 aromatic rings. The van der Waals surface area contributed by atoms with Gasteiger partial charge >= 0.3 is 0 Å². The van der Waals surface area contributed by atoms with Crippen LogP contribution in [0.25, 0.3) is 0 Å². The van der Waals surface area contributed by atoms with Gasteiger partial charge in [-0.1, -0.05) is 13.3 Å². The van der Waals surface area contributed by atoms with E-state index in [-0.39, 0.29) is 0 Å². The third kappa shape index (κ3) is 2.51. The van der Waals surface area contributed by atoms with Gasteiger partial charge in [0.1, 0.15) is 5.76 Å². The van der Waals surface area contributed by atoms with Crippen molar-refractivity contribution >= 4 is 15.9 Å². The summed E-state index contributed by atoms with van der Waals surface area (Å²) in [6, 6.07) is 2.00. The lowest BCUT2D eigenvalue weighted by atomic mass is 9.73. The Morgan fingerprint density at radius 3 is 2.94 bits per heavy atom. The molecule has 1 heterocycles. The van der Waals surface area contributed by atoms with Gasteiger partial charge in [0.2, 0.25) is 0 Å². The van der Waals surface area contributed by atoms with Crippen LogP contribution in [0.2, 0.25) is 0 Å². The van der Waals surface area contributed by atoms with Crippen LogP contribution >= 0.6 is 15.9 Å².